The molecule has 3 nitrogen and oxygen atoms in total. The molecule has 0 radical (unpaired) electrons. The molecule has 0 aliphatic heterocycles. The molecular weight excluding hydrogens is 404 g/mol. The number of halogens is 1. The minimum atomic E-state index is -0.0839. The van der Waals surface area contributed by atoms with E-state index in [0.717, 1.165) is 23.2 Å². The van der Waals surface area contributed by atoms with Crippen molar-refractivity contribution in [1.29, 1.82) is 0 Å². The number of aromatic nitrogens is 1. The molecule has 0 saturated heterocycles. The standard InChI is InChI=1S/C27H27ClN2O/c1-3-30-18-25(23-14-7-8-15-26(23)30)24(21-12-9-13-22(28)16-21)17-27(31)29-19(2)20-10-5-4-6-11-20/h4-16,18-19,24H,3,17H2,1-2H3,(H,29,31). The van der Waals surface area contributed by atoms with Crippen LogP contribution >= 0.6 is 11.6 Å². The molecule has 4 aromatic rings. The molecule has 0 bridgehead atoms. The first kappa shape index (κ1) is 21.2. The van der Waals surface area contributed by atoms with E-state index < -0.39 is 0 Å². The molecule has 1 aromatic heterocycles. The maximum absolute atomic E-state index is 13.1. The van der Waals surface area contributed by atoms with Crippen LogP contribution in [0.5, 0.6) is 0 Å². The van der Waals surface area contributed by atoms with Crippen molar-refractivity contribution in [2.24, 2.45) is 0 Å². The number of rotatable bonds is 7. The molecular formula is C27H27ClN2O. The molecule has 3 aromatic carbocycles. The zero-order valence-corrected chi connectivity index (χ0v) is 18.6. The predicted octanol–water partition coefficient (Wildman–Crippen LogP) is 6.71. The van der Waals surface area contributed by atoms with E-state index in [0.29, 0.717) is 11.4 Å². The van der Waals surface area contributed by atoms with Crippen LogP contribution in [0.25, 0.3) is 10.9 Å². The number of amides is 1. The van der Waals surface area contributed by atoms with Gasteiger partial charge in [-0.15, -0.1) is 0 Å². The van der Waals surface area contributed by atoms with Crippen LogP contribution in [0, 0.1) is 0 Å². The zero-order valence-electron chi connectivity index (χ0n) is 17.9. The van der Waals surface area contributed by atoms with Crippen molar-refractivity contribution in [2.75, 3.05) is 0 Å². The third-order valence-corrected chi connectivity index (χ3v) is 6.09. The number of nitrogens with zero attached hydrogens (tertiary/aromatic N) is 1. The number of benzene rings is 3. The van der Waals surface area contributed by atoms with Gasteiger partial charge in [-0.2, -0.15) is 0 Å². The van der Waals surface area contributed by atoms with Crippen LogP contribution in [0.3, 0.4) is 0 Å². The molecule has 31 heavy (non-hydrogen) atoms. The number of fused-ring (bicyclic) bond motifs is 1. The molecule has 0 saturated carbocycles. The first-order valence-electron chi connectivity index (χ1n) is 10.7. The number of carbonyl (C=O) groups excluding carboxylic acids is 1. The highest BCUT2D eigenvalue weighted by Gasteiger charge is 2.23. The monoisotopic (exact) mass is 430 g/mol. The van der Waals surface area contributed by atoms with E-state index in [1.807, 2.05) is 55.5 Å². The quantitative estimate of drug-likeness (QED) is 0.347. The molecule has 2 atom stereocenters. The van der Waals surface area contributed by atoms with Crippen molar-refractivity contribution in [1.82, 2.24) is 9.88 Å². The summed E-state index contributed by atoms with van der Waals surface area (Å²) in [4.78, 5) is 13.1. The lowest BCUT2D eigenvalue weighted by Gasteiger charge is -2.20. The summed E-state index contributed by atoms with van der Waals surface area (Å²) in [6.45, 7) is 5.03. The minimum Gasteiger partial charge on any atom is -0.350 e. The molecule has 0 aliphatic rings. The zero-order chi connectivity index (χ0) is 21.8. The first-order valence-corrected chi connectivity index (χ1v) is 11.1. The van der Waals surface area contributed by atoms with Gasteiger partial charge in [0.15, 0.2) is 0 Å². The minimum absolute atomic E-state index is 0.0228. The number of hydrogen-bond acceptors (Lipinski definition) is 1. The third-order valence-electron chi connectivity index (χ3n) is 5.85. The Kier molecular flexibility index (Phi) is 6.43. The van der Waals surface area contributed by atoms with Crippen LogP contribution in [-0.2, 0) is 11.3 Å². The molecule has 0 fully saturated rings. The normalized spacial score (nSPS) is 13.1. The SMILES string of the molecule is CCn1cc(C(CC(=O)NC(C)c2ccccc2)c2cccc(Cl)c2)c2ccccc21. The van der Waals surface area contributed by atoms with Gasteiger partial charge in [-0.25, -0.2) is 0 Å². The van der Waals surface area contributed by atoms with E-state index in [1.54, 1.807) is 0 Å². The fraction of sp³-hybridized carbons (Fsp3) is 0.222. The molecule has 0 spiro atoms. The Hall–Kier alpha value is -3.04. The van der Waals surface area contributed by atoms with Gasteiger partial charge in [-0.05, 0) is 48.7 Å². The van der Waals surface area contributed by atoms with Crippen molar-refractivity contribution in [3.05, 3.63) is 107 Å². The van der Waals surface area contributed by atoms with Gasteiger partial charge in [-0.3, -0.25) is 4.79 Å². The number of hydrogen-bond donors (Lipinski definition) is 1. The Bertz CT molecular complexity index is 1180. The number of nitrogens with one attached hydrogen (secondary N) is 1. The molecule has 1 heterocycles. The number of aryl methyl sites for hydroxylation is 1. The second kappa shape index (κ2) is 9.40. The first-order chi connectivity index (χ1) is 15.1. The summed E-state index contributed by atoms with van der Waals surface area (Å²) in [5.74, 6) is -0.0611. The maximum atomic E-state index is 13.1. The Morgan fingerprint density at radius 3 is 2.42 bits per heavy atom. The van der Waals surface area contributed by atoms with Crippen molar-refractivity contribution >= 4 is 28.4 Å². The van der Waals surface area contributed by atoms with E-state index >= 15 is 0 Å². The van der Waals surface area contributed by atoms with Gasteiger partial charge in [0, 0.05) is 41.0 Å². The topological polar surface area (TPSA) is 34.0 Å². The van der Waals surface area contributed by atoms with Gasteiger partial charge in [-0.1, -0.05) is 72.3 Å². The molecule has 0 aliphatic carbocycles. The Morgan fingerprint density at radius 2 is 1.68 bits per heavy atom. The van der Waals surface area contributed by atoms with Crippen molar-refractivity contribution in [3.63, 3.8) is 0 Å². The van der Waals surface area contributed by atoms with Gasteiger partial charge in [0.2, 0.25) is 5.91 Å². The lowest BCUT2D eigenvalue weighted by Crippen LogP contribution is -2.28. The van der Waals surface area contributed by atoms with Gasteiger partial charge >= 0.3 is 0 Å². The summed E-state index contributed by atoms with van der Waals surface area (Å²) in [6, 6.07) is 26.2. The van der Waals surface area contributed by atoms with Crippen molar-refractivity contribution < 1.29 is 4.79 Å². The molecule has 2 unspecified atom stereocenters. The van der Waals surface area contributed by atoms with Crippen LogP contribution < -0.4 is 5.32 Å². The molecule has 1 amide bonds. The van der Waals surface area contributed by atoms with E-state index in [2.05, 4.69) is 53.3 Å². The van der Waals surface area contributed by atoms with Crippen LogP contribution in [0.1, 0.15) is 48.9 Å². The molecule has 4 heteroatoms. The average molecular weight is 431 g/mol. The number of carbonyl (C=O) groups is 1. The highest BCUT2D eigenvalue weighted by atomic mass is 35.5. The van der Waals surface area contributed by atoms with Gasteiger partial charge in [0.1, 0.15) is 0 Å². The smallest absolute Gasteiger partial charge is 0.221 e. The molecule has 158 valence electrons. The number of para-hydroxylation sites is 1. The summed E-state index contributed by atoms with van der Waals surface area (Å²) in [5, 5.41) is 5.03. The van der Waals surface area contributed by atoms with Gasteiger partial charge in [0.25, 0.3) is 0 Å². The predicted molar refractivity (Wildman–Crippen MR) is 129 cm³/mol. The Labute approximate surface area is 188 Å². The van der Waals surface area contributed by atoms with E-state index in [9.17, 15) is 4.79 Å². The van der Waals surface area contributed by atoms with E-state index in [1.165, 1.54) is 10.9 Å². The second-order valence-electron chi connectivity index (χ2n) is 7.90. The van der Waals surface area contributed by atoms with E-state index in [-0.39, 0.29) is 17.9 Å². The average Bonchev–Trinajstić information content (AvgIpc) is 3.16. The highest BCUT2D eigenvalue weighted by Crippen LogP contribution is 2.35. The maximum Gasteiger partial charge on any atom is 0.221 e. The van der Waals surface area contributed by atoms with Gasteiger partial charge < -0.3 is 9.88 Å². The highest BCUT2D eigenvalue weighted by molar-refractivity contribution is 6.30. The summed E-state index contributed by atoms with van der Waals surface area (Å²) >= 11 is 6.32. The van der Waals surface area contributed by atoms with Crippen molar-refractivity contribution in [3.8, 4) is 0 Å². The molecule has 1 N–H and O–H groups in total. The summed E-state index contributed by atoms with van der Waals surface area (Å²) < 4.78 is 2.24. The van der Waals surface area contributed by atoms with Crippen molar-refractivity contribution in [2.45, 2.75) is 38.8 Å². The lowest BCUT2D eigenvalue weighted by molar-refractivity contribution is -0.121. The Balaban J connectivity index is 1.69. The fourth-order valence-electron chi connectivity index (χ4n) is 4.26. The van der Waals surface area contributed by atoms with E-state index in [4.69, 9.17) is 11.6 Å². The summed E-state index contributed by atoms with van der Waals surface area (Å²) in [6.07, 6.45) is 2.54. The fourth-order valence-corrected chi connectivity index (χ4v) is 4.45. The Morgan fingerprint density at radius 1 is 0.968 bits per heavy atom. The van der Waals surface area contributed by atoms with Gasteiger partial charge in [0.05, 0.1) is 6.04 Å². The second-order valence-corrected chi connectivity index (χ2v) is 8.34. The van der Waals surface area contributed by atoms with Crippen LogP contribution in [0.15, 0.2) is 85.1 Å². The third kappa shape index (κ3) is 4.67. The molecule has 4 rings (SSSR count). The summed E-state index contributed by atoms with van der Waals surface area (Å²) in [7, 11) is 0. The van der Waals surface area contributed by atoms with Crippen LogP contribution in [0.4, 0.5) is 0 Å². The largest absolute Gasteiger partial charge is 0.350 e. The lowest BCUT2D eigenvalue weighted by atomic mass is 9.88. The van der Waals surface area contributed by atoms with Crippen LogP contribution in [0.2, 0.25) is 5.02 Å². The summed E-state index contributed by atoms with van der Waals surface area (Å²) in [5.41, 5.74) is 4.49. The van der Waals surface area contributed by atoms with Crippen LogP contribution in [-0.4, -0.2) is 10.5 Å².